The topological polar surface area (TPSA) is 127 Å². The first-order valence-corrected chi connectivity index (χ1v) is 18.0. The average molecular weight is 679 g/mol. The molecule has 2 N–H and O–H groups in total. The number of aliphatic hydroxyl groups excluding tert-OH is 1. The Kier molecular flexibility index (Phi) is 11.3. The van der Waals surface area contributed by atoms with Crippen molar-refractivity contribution in [2.75, 3.05) is 19.6 Å². The Morgan fingerprint density at radius 2 is 1.64 bits per heavy atom. The number of carbonyl (C=O) groups excluding carboxylic acids is 4. The maximum Gasteiger partial charge on any atom is 1.00 e. The number of allylic oxidation sites excluding steroid dienone is 2. The largest absolute Gasteiger partial charge is 1.00 e. The van der Waals surface area contributed by atoms with Gasteiger partial charge in [0.1, 0.15) is 0 Å². The molecule has 4 fully saturated rings. The molecule has 0 aliphatic heterocycles. The molecule has 0 aromatic carbocycles. The van der Waals surface area contributed by atoms with Gasteiger partial charge in [0.15, 0.2) is 5.78 Å². The summed E-state index contributed by atoms with van der Waals surface area (Å²) in [5.74, 6) is -1.39. The Bertz CT molecular complexity index is 1310. The van der Waals surface area contributed by atoms with E-state index in [1.54, 1.807) is 4.90 Å². The smallest absolute Gasteiger partial charge is 0.548 e. The van der Waals surface area contributed by atoms with Crippen LogP contribution in [0.5, 0.6) is 0 Å². The first-order valence-electron chi connectivity index (χ1n) is 18.0. The molecule has 0 heterocycles. The summed E-state index contributed by atoms with van der Waals surface area (Å²) in [4.78, 5) is 54.2. The summed E-state index contributed by atoms with van der Waals surface area (Å²) < 4.78 is 0. The first-order chi connectivity index (χ1) is 21.3. The summed E-state index contributed by atoms with van der Waals surface area (Å²) in [6, 6.07) is 0. The minimum Gasteiger partial charge on any atom is -0.548 e. The van der Waals surface area contributed by atoms with E-state index in [1.807, 2.05) is 19.9 Å². The fourth-order valence-corrected chi connectivity index (χ4v) is 11.7. The van der Waals surface area contributed by atoms with Crippen LogP contribution in [0.25, 0.3) is 0 Å². The fourth-order valence-electron chi connectivity index (χ4n) is 11.7. The molecule has 0 aromatic heterocycles. The predicted octanol–water partition coefficient (Wildman–Crippen LogP) is 1.83. The zero-order valence-corrected chi connectivity index (χ0v) is 33.8. The zero-order chi connectivity index (χ0) is 34.1. The number of amides is 2. The number of hydrogen-bond acceptors (Lipinski definition) is 6. The van der Waals surface area contributed by atoms with Crippen molar-refractivity contribution in [3.63, 3.8) is 0 Å². The summed E-state index contributed by atoms with van der Waals surface area (Å²) in [6.07, 6.45) is 11.2. The molecule has 0 spiro atoms. The second-order valence-corrected chi connectivity index (χ2v) is 17.9. The predicted molar refractivity (Wildman–Crippen MR) is 175 cm³/mol. The first kappa shape index (κ1) is 39.2. The van der Waals surface area contributed by atoms with E-state index in [1.165, 1.54) is 5.57 Å². The maximum atomic E-state index is 14.6. The number of carboxylic acids is 1. The van der Waals surface area contributed by atoms with Crippen molar-refractivity contribution in [2.45, 2.75) is 132 Å². The summed E-state index contributed by atoms with van der Waals surface area (Å²) >= 11 is 0. The number of ketones is 1. The third-order valence-electron chi connectivity index (χ3n) is 14.9. The van der Waals surface area contributed by atoms with Crippen LogP contribution in [0.2, 0.25) is 0 Å². The number of aliphatic carboxylic acids is 1. The average Bonchev–Trinajstić information content (AvgIpc) is 2.98. The van der Waals surface area contributed by atoms with Gasteiger partial charge in [-0.25, -0.2) is 0 Å². The van der Waals surface area contributed by atoms with Crippen molar-refractivity contribution in [3.8, 4) is 0 Å². The van der Waals surface area contributed by atoms with Gasteiger partial charge in [-0.2, -0.15) is 0 Å². The number of hydrogen-bond donors (Lipinski definition) is 2. The van der Waals surface area contributed by atoms with Crippen molar-refractivity contribution < 1.29 is 80.8 Å². The minimum atomic E-state index is -1.36. The summed E-state index contributed by atoms with van der Waals surface area (Å²) in [5.41, 5.74) is -0.243. The SMILES string of the molecule is CCCCN(CC(=O)NCC(=O)[O-])C(=O)[C@@]1(C)CC[C@]2(C)CC[C@]3(C)C(=CC(=O)[C@@H]4[C@@]5(C)CC[C@H](O)C(C)(C)[C@@H]5CC[C@]43C)[C@@H]2C1.[K+]. The van der Waals surface area contributed by atoms with E-state index in [9.17, 15) is 29.4 Å². The van der Waals surface area contributed by atoms with Gasteiger partial charge < -0.3 is 25.2 Å². The van der Waals surface area contributed by atoms with E-state index in [2.05, 4.69) is 46.9 Å². The zero-order valence-electron chi connectivity index (χ0n) is 30.7. The van der Waals surface area contributed by atoms with Crippen LogP contribution in [0, 0.1) is 50.2 Å². The molecule has 4 saturated carbocycles. The summed E-state index contributed by atoms with van der Waals surface area (Å²) in [7, 11) is 0. The Morgan fingerprint density at radius 1 is 0.979 bits per heavy atom. The number of carbonyl (C=O) groups is 4. The molecule has 258 valence electrons. The number of nitrogens with one attached hydrogen (secondary N) is 1. The Labute approximate surface area is 325 Å². The quantitative estimate of drug-likeness (QED) is 0.378. The molecule has 9 atom stereocenters. The van der Waals surface area contributed by atoms with Gasteiger partial charge in [0.05, 0.1) is 25.2 Å². The number of rotatable bonds is 8. The molecule has 0 radical (unpaired) electrons. The van der Waals surface area contributed by atoms with Gasteiger partial charge in [0, 0.05) is 17.9 Å². The number of fused-ring (bicyclic) bond motifs is 7. The molecule has 0 aromatic rings. The van der Waals surface area contributed by atoms with Crippen molar-refractivity contribution in [3.05, 3.63) is 11.6 Å². The second-order valence-electron chi connectivity index (χ2n) is 17.9. The maximum absolute atomic E-state index is 14.6. The molecule has 0 saturated heterocycles. The van der Waals surface area contributed by atoms with Crippen molar-refractivity contribution in [1.82, 2.24) is 10.2 Å². The van der Waals surface area contributed by atoms with Crippen LogP contribution in [0.15, 0.2) is 11.6 Å². The van der Waals surface area contributed by atoms with Crippen molar-refractivity contribution in [1.29, 1.82) is 0 Å². The van der Waals surface area contributed by atoms with Gasteiger partial charge in [-0.05, 0) is 109 Å². The van der Waals surface area contributed by atoms with E-state index in [4.69, 9.17) is 0 Å². The standard InChI is InChI=1S/C38H60N2O6.K/c1-9-10-19-40(23-29(43)39-22-30(44)45)32(46)35(5)16-15-34(4)17-18-37(7)24(25(34)21-35)20-26(41)31-36(6)13-12-28(42)33(2,3)27(36)11-14-38(31,37)8;/h20,25,27-28,31,42H,9-19,21-23H2,1-8H3,(H,39,43)(H,44,45);/q;+1/p-1/t25-,27-,28-,31+,34+,35-,36-,37+,38+;/m0./s1. The van der Waals surface area contributed by atoms with E-state index >= 15 is 0 Å². The van der Waals surface area contributed by atoms with Crippen LogP contribution in [0.1, 0.15) is 126 Å². The summed E-state index contributed by atoms with van der Waals surface area (Å²) in [5, 5.41) is 24.3. The molecular weight excluding hydrogens is 620 g/mol. The van der Waals surface area contributed by atoms with Gasteiger partial charge >= 0.3 is 51.4 Å². The molecule has 0 unspecified atom stereocenters. The monoisotopic (exact) mass is 678 g/mol. The fraction of sp³-hybridized carbons (Fsp3) is 0.842. The molecule has 5 aliphatic rings. The molecule has 2 amide bonds. The van der Waals surface area contributed by atoms with Crippen LogP contribution in [0.3, 0.4) is 0 Å². The van der Waals surface area contributed by atoms with Gasteiger partial charge in [-0.15, -0.1) is 0 Å². The molecule has 5 rings (SSSR count). The molecule has 9 heteroatoms. The normalized spacial score (nSPS) is 41.9. The molecular formula is C38H59KN2O6. The van der Waals surface area contributed by atoms with Crippen LogP contribution >= 0.6 is 0 Å². The van der Waals surface area contributed by atoms with Crippen LogP contribution in [-0.4, -0.2) is 59.3 Å². The Hall–Kier alpha value is -0.584. The minimum absolute atomic E-state index is 0. The number of nitrogens with zero attached hydrogens (tertiary/aromatic N) is 1. The van der Waals surface area contributed by atoms with Crippen molar-refractivity contribution in [2.24, 2.45) is 50.2 Å². The number of unbranched alkanes of at least 4 members (excludes halogenated alkanes) is 1. The molecule has 47 heavy (non-hydrogen) atoms. The molecule has 8 nitrogen and oxygen atoms in total. The van der Waals surface area contributed by atoms with Gasteiger partial charge in [-0.1, -0.05) is 67.4 Å². The van der Waals surface area contributed by atoms with Crippen LogP contribution in [0.4, 0.5) is 0 Å². The molecule has 0 bridgehead atoms. The van der Waals surface area contributed by atoms with E-state index < -0.39 is 23.8 Å². The van der Waals surface area contributed by atoms with E-state index in [0.717, 1.165) is 64.2 Å². The van der Waals surface area contributed by atoms with Gasteiger partial charge in [-0.3, -0.25) is 14.4 Å². The van der Waals surface area contributed by atoms with Gasteiger partial charge in [0.25, 0.3) is 0 Å². The van der Waals surface area contributed by atoms with Crippen LogP contribution < -0.4 is 61.8 Å². The third-order valence-corrected chi connectivity index (χ3v) is 14.9. The van der Waals surface area contributed by atoms with Gasteiger partial charge in [0.2, 0.25) is 11.8 Å². The second kappa shape index (κ2) is 13.5. The third kappa shape index (κ3) is 6.32. The number of carboxylic acid groups (broad SMARTS) is 1. The molecule has 5 aliphatic carbocycles. The Balaban J connectivity index is 0.00000500. The van der Waals surface area contributed by atoms with E-state index in [-0.39, 0.29) is 121 Å². The Morgan fingerprint density at radius 3 is 2.28 bits per heavy atom. The van der Waals surface area contributed by atoms with Crippen LogP contribution in [-0.2, 0) is 19.2 Å². The summed E-state index contributed by atoms with van der Waals surface area (Å²) in [6.45, 7) is 17.6. The van der Waals surface area contributed by atoms with E-state index in [0.29, 0.717) is 13.0 Å². The van der Waals surface area contributed by atoms with Crippen molar-refractivity contribution >= 4 is 23.6 Å². The number of aliphatic hydroxyl groups is 1.